The van der Waals surface area contributed by atoms with Gasteiger partial charge in [0.05, 0.1) is 12.9 Å². The standard InChI is InChI=1S/C25H29NO3/c1-5-7-13-26-23(27)14-17(3)20-15-21-22(19-11-9-8-10-12-19)16-29-25(21)18(4)24(20)28-6-2/h8-12,14-16H,5-7,13H2,1-4H3,(H,26,27)/b17-14+. The number of hydrogen-bond donors (Lipinski definition) is 1. The number of allylic oxidation sites excluding steroid dienone is 1. The number of carbonyl (C=O) groups excluding carboxylic acids is 1. The molecule has 0 unspecified atom stereocenters. The highest BCUT2D eigenvalue weighted by molar-refractivity contribution is 6.01. The first-order chi connectivity index (χ1) is 14.1. The summed E-state index contributed by atoms with van der Waals surface area (Å²) < 4.78 is 11.9. The number of fused-ring (bicyclic) bond motifs is 1. The van der Waals surface area contributed by atoms with Crippen molar-refractivity contribution in [3.8, 4) is 16.9 Å². The molecule has 0 saturated heterocycles. The van der Waals surface area contributed by atoms with E-state index in [0.717, 1.165) is 57.4 Å². The number of furan rings is 1. The summed E-state index contributed by atoms with van der Waals surface area (Å²) in [6.45, 7) is 9.25. The summed E-state index contributed by atoms with van der Waals surface area (Å²) in [6.07, 6.45) is 5.48. The summed E-state index contributed by atoms with van der Waals surface area (Å²) in [5.41, 5.74) is 5.68. The van der Waals surface area contributed by atoms with E-state index in [1.54, 1.807) is 12.3 Å². The molecule has 3 rings (SSSR count). The minimum Gasteiger partial charge on any atom is -0.493 e. The molecule has 29 heavy (non-hydrogen) atoms. The molecule has 0 fully saturated rings. The molecule has 1 amide bonds. The van der Waals surface area contributed by atoms with Crippen LogP contribution in [0.1, 0.15) is 44.7 Å². The van der Waals surface area contributed by atoms with Crippen LogP contribution in [0.15, 0.2) is 53.2 Å². The zero-order valence-electron chi connectivity index (χ0n) is 17.7. The predicted octanol–water partition coefficient (Wildman–Crippen LogP) is 6.13. The van der Waals surface area contributed by atoms with Gasteiger partial charge in [-0.15, -0.1) is 0 Å². The van der Waals surface area contributed by atoms with Gasteiger partial charge >= 0.3 is 0 Å². The monoisotopic (exact) mass is 391 g/mol. The highest BCUT2D eigenvalue weighted by atomic mass is 16.5. The summed E-state index contributed by atoms with van der Waals surface area (Å²) >= 11 is 0. The highest BCUT2D eigenvalue weighted by Crippen LogP contribution is 2.40. The molecule has 0 aliphatic carbocycles. The zero-order valence-corrected chi connectivity index (χ0v) is 17.7. The quantitative estimate of drug-likeness (QED) is 0.371. The fourth-order valence-corrected chi connectivity index (χ4v) is 3.49. The number of hydrogen-bond acceptors (Lipinski definition) is 3. The van der Waals surface area contributed by atoms with Crippen molar-refractivity contribution in [3.63, 3.8) is 0 Å². The maximum atomic E-state index is 12.3. The van der Waals surface area contributed by atoms with Crippen molar-refractivity contribution in [2.75, 3.05) is 13.2 Å². The maximum absolute atomic E-state index is 12.3. The van der Waals surface area contributed by atoms with Crippen molar-refractivity contribution in [3.05, 3.63) is 59.9 Å². The van der Waals surface area contributed by atoms with Crippen LogP contribution in [-0.2, 0) is 4.79 Å². The van der Waals surface area contributed by atoms with E-state index in [1.807, 2.05) is 39.0 Å². The smallest absolute Gasteiger partial charge is 0.244 e. The lowest BCUT2D eigenvalue weighted by atomic mass is 9.96. The number of benzene rings is 2. The molecule has 1 N–H and O–H groups in total. The highest BCUT2D eigenvalue weighted by Gasteiger charge is 2.19. The molecule has 2 aromatic carbocycles. The van der Waals surface area contributed by atoms with Gasteiger partial charge in [0.25, 0.3) is 0 Å². The van der Waals surface area contributed by atoms with Gasteiger partial charge in [0.1, 0.15) is 11.3 Å². The minimum atomic E-state index is -0.0772. The fourth-order valence-electron chi connectivity index (χ4n) is 3.49. The average Bonchev–Trinajstić information content (AvgIpc) is 3.15. The summed E-state index contributed by atoms with van der Waals surface area (Å²) in [5.74, 6) is 0.690. The summed E-state index contributed by atoms with van der Waals surface area (Å²) in [6, 6.07) is 12.2. The van der Waals surface area contributed by atoms with Crippen LogP contribution < -0.4 is 10.1 Å². The largest absolute Gasteiger partial charge is 0.493 e. The van der Waals surface area contributed by atoms with E-state index in [0.29, 0.717) is 13.2 Å². The van der Waals surface area contributed by atoms with Crippen LogP contribution in [0.25, 0.3) is 27.7 Å². The van der Waals surface area contributed by atoms with Crippen molar-refractivity contribution in [1.29, 1.82) is 0 Å². The molecule has 1 heterocycles. The van der Waals surface area contributed by atoms with Gasteiger partial charge in [-0.2, -0.15) is 0 Å². The van der Waals surface area contributed by atoms with E-state index in [-0.39, 0.29) is 5.91 Å². The van der Waals surface area contributed by atoms with Gasteiger partial charge in [-0.1, -0.05) is 43.7 Å². The molecule has 0 saturated carbocycles. The molecule has 0 bridgehead atoms. The summed E-state index contributed by atoms with van der Waals surface area (Å²) in [7, 11) is 0. The normalized spacial score (nSPS) is 11.7. The lowest BCUT2D eigenvalue weighted by Gasteiger charge is -2.15. The first-order valence-electron chi connectivity index (χ1n) is 10.3. The van der Waals surface area contributed by atoms with Gasteiger partial charge in [-0.25, -0.2) is 0 Å². The molecular formula is C25H29NO3. The van der Waals surface area contributed by atoms with Crippen molar-refractivity contribution in [2.24, 2.45) is 0 Å². The molecule has 152 valence electrons. The molecule has 0 aliphatic heterocycles. The fraction of sp³-hybridized carbons (Fsp3) is 0.320. The first-order valence-corrected chi connectivity index (χ1v) is 10.3. The van der Waals surface area contributed by atoms with E-state index in [2.05, 4.69) is 30.4 Å². The van der Waals surface area contributed by atoms with Crippen LogP contribution >= 0.6 is 0 Å². The number of amides is 1. The molecule has 0 radical (unpaired) electrons. The molecule has 0 spiro atoms. The Morgan fingerprint density at radius 1 is 1.21 bits per heavy atom. The van der Waals surface area contributed by atoms with Crippen LogP contribution in [0, 0.1) is 6.92 Å². The third-order valence-corrected chi connectivity index (χ3v) is 5.02. The van der Waals surface area contributed by atoms with Crippen LogP contribution in [0.4, 0.5) is 0 Å². The Kier molecular flexibility index (Phi) is 6.76. The second kappa shape index (κ2) is 9.46. The molecule has 0 aliphatic rings. The SMILES string of the molecule is CCCCNC(=O)/C=C(\C)c1cc2c(-c3ccccc3)coc2c(C)c1OCC. The number of aryl methyl sites for hydroxylation is 1. The number of rotatable bonds is 8. The zero-order chi connectivity index (χ0) is 20.8. The lowest BCUT2D eigenvalue weighted by molar-refractivity contribution is -0.116. The van der Waals surface area contributed by atoms with Crippen molar-refractivity contribution >= 4 is 22.4 Å². The van der Waals surface area contributed by atoms with E-state index in [4.69, 9.17) is 9.15 Å². The summed E-state index contributed by atoms with van der Waals surface area (Å²) in [4.78, 5) is 12.3. The Bertz CT molecular complexity index is 1020. The van der Waals surface area contributed by atoms with Crippen LogP contribution in [0.5, 0.6) is 5.75 Å². The van der Waals surface area contributed by atoms with Gasteiger partial charge in [-0.05, 0) is 44.4 Å². The maximum Gasteiger partial charge on any atom is 0.244 e. The molecule has 0 atom stereocenters. The van der Waals surface area contributed by atoms with Crippen molar-refractivity contribution < 1.29 is 13.9 Å². The van der Waals surface area contributed by atoms with E-state index in [9.17, 15) is 4.79 Å². The van der Waals surface area contributed by atoms with Gasteiger partial charge in [0.15, 0.2) is 0 Å². The second-order valence-electron chi connectivity index (χ2n) is 7.18. The topological polar surface area (TPSA) is 51.5 Å². The third kappa shape index (κ3) is 4.53. The Morgan fingerprint density at radius 2 is 1.97 bits per heavy atom. The predicted molar refractivity (Wildman–Crippen MR) is 119 cm³/mol. The summed E-state index contributed by atoms with van der Waals surface area (Å²) in [5, 5.41) is 3.96. The molecule has 4 heteroatoms. The second-order valence-corrected chi connectivity index (χ2v) is 7.18. The number of carbonyl (C=O) groups is 1. The molecular weight excluding hydrogens is 362 g/mol. The van der Waals surface area contributed by atoms with Gasteiger partial charge in [0, 0.05) is 34.7 Å². The van der Waals surface area contributed by atoms with Crippen LogP contribution in [0.3, 0.4) is 0 Å². The molecule has 1 aromatic heterocycles. The third-order valence-electron chi connectivity index (χ3n) is 5.02. The minimum absolute atomic E-state index is 0.0772. The van der Waals surface area contributed by atoms with Crippen LogP contribution in [-0.4, -0.2) is 19.1 Å². The number of unbranched alkanes of at least 4 members (excludes halogenated alkanes) is 1. The average molecular weight is 392 g/mol. The number of ether oxygens (including phenoxy) is 1. The van der Waals surface area contributed by atoms with Gasteiger partial charge in [0.2, 0.25) is 5.91 Å². The van der Waals surface area contributed by atoms with E-state index in [1.165, 1.54) is 0 Å². The van der Waals surface area contributed by atoms with Crippen molar-refractivity contribution in [2.45, 2.75) is 40.5 Å². The van der Waals surface area contributed by atoms with E-state index < -0.39 is 0 Å². The van der Waals surface area contributed by atoms with E-state index >= 15 is 0 Å². The van der Waals surface area contributed by atoms with Crippen LogP contribution in [0.2, 0.25) is 0 Å². The molecule has 3 aromatic rings. The van der Waals surface area contributed by atoms with Crippen molar-refractivity contribution in [1.82, 2.24) is 5.32 Å². The number of nitrogens with one attached hydrogen (secondary N) is 1. The Hall–Kier alpha value is -3.01. The Labute approximate surface area is 172 Å². The lowest BCUT2D eigenvalue weighted by Crippen LogP contribution is -2.22. The molecule has 4 nitrogen and oxygen atoms in total. The first kappa shape index (κ1) is 20.7. The van der Waals surface area contributed by atoms with Gasteiger partial charge < -0.3 is 14.5 Å². The Morgan fingerprint density at radius 3 is 2.66 bits per heavy atom. The Balaban J connectivity index is 2.09. The van der Waals surface area contributed by atoms with Gasteiger partial charge in [-0.3, -0.25) is 4.79 Å².